The van der Waals surface area contributed by atoms with Crippen LogP contribution in [0.3, 0.4) is 0 Å². The van der Waals surface area contributed by atoms with Gasteiger partial charge in [0.1, 0.15) is 11.2 Å². The third-order valence-corrected chi connectivity index (χ3v) is 3.15. The molecule has 0 saturated heterocycles. The number of fused-ring (bicyclic) bond motifs is 1. The molecule has 2 N–H and O–H groups in total. The number of nitrogens with one attached hydrogen (secondary N) is 1. The lowest BCUT2D eigenvalue weighted by Crippen LogP contribution is -2.46. The molecular weight excluding hydrogens is 282 g/mol. The molecular formula is C13H14ClN3O3. The predicted octanol–water partition coefficient (Wildman–Crippen LogP) is 1.30. The summed E-state index contributed by atoms with van der Waals surface area (Å²) >= 11 is 5.82. The molecule has 0 fully saturated rings. The Kier molecular flexibility index (Phi) is 3.78. The van der Waals surface area contributed by atoms with E-state index in [0.29, 0.717) is 16.4 Å². The molecule has 2 heterocycles. The minimum Gasteiger partial charge on any atom is -0.480 e. The van der Waals surface area contributed by atoms with Gasteiger partial charge in [-0.3, -0.25) is 19.3 Å². The highest BCUT2D eigenvalue weighted by molar-refractivity contribution is 6.30. The van der Waals surface area contributed by atoms with Crippen LogP contribution in [0.1, 0.15) is 19.5 Å². The van der Waals surface area contributed by atoms with Crippen LogP contribution < -0.4 is 10.9 Å². The van der Waals surface area contributed by atoms with Crippen LogP contribution in [-0.2, 0) is 11.3 Å². The van der Waals surface area contributed by atoms with Crippen LogP contribution in [0.25, 0.3) is 5.65 Å². The van der Waals surface area contributed by atoms with Crippen LogP contribution in [0.15, 0.2) is 29.2 Å². The van der Waals surface area contributed by atoms with Gasteiger partial charge in [0.25, 0.3) is 5.56 Å². The van der Waals surface area contributed by atoms with Gasteiger partial charge in [0, 0.05) is 18.8 Å². The van der Waals surface area contributed by atoms with Crippen LogP contribution in [0, 0.1) is 0 Å². The van der Waals surface area contributed by atoms with E-state index in [-0.39, 0.29) is 12.1 Å². The number of carboxylic acids is 1. The van der Waals surface area contributed by atoms with E-state index in [2.05, 4.69) is 10.3 Å². The average Bonchev–Trinajstić information content (AvgIpc) is 2.37. The first-order chi connectivity index (χ1) is 9.29. The molecule has 106 valence electrons. The Balaban J connectivity index is 2.31. The molecule has 0 amide bonds. The van der Waals surface area contributed by atoms with Crippen LogP contribution in [-0.4, -0.2) is 26.0 Å². The average molecular weight is 296 g/mol. The SMILES string of the molecule is CC(C)(NCc1cc(=O)n2cc(Cl)ccc2n1)C(=O)O. The first-order valence-electron chi connectivity index (χ1n) is 5.96. The van der Waals surface area contributed by atoms with Gasteiger partial charge in [-0.25, -0.2) is 4.98 Å². The van der Waals surface area contributed by atoms with E-state index in [1.807, 2.05) is 0 Å². The number of aromatic nitrogens is 2. The molecule has 2 aromatic heterocycles. The second-order valence-corrected chi connectivity index (χ2v) is 5.38. The molecule has 2 aromatic rings. The quantitative estimate of drug-likeness (QED) is 0.888. The van der Waals surface area contributed by atoms with Gasteiger partial charge >= 0.3 is 5.97 Å². The van der Waals surface area contributed by atoms with Crippen molar-refractivity contribution < 1.29 is 9.90 Å². The van der Waals surface area contributed by atoms with Crippen molar-refractivity contribution in [2.45, 2.75) is 25.9 Å². The van der Waals surface area contributed by atoms with Crippen molar-refractivity contribution in [3.63, 3.8) is 0 Å². The van der Waals surface area contributed by atoms with Crippen molar-refractivity contribution in [2.75, 3.05) is 0 Å². The monoisotopic (exact) mass is 295 g/mol. The lowest BCUT2D eigenvalue weighted by molar-refractivity contribution is -0.143. The number of aliphatic carboxylic acids is 1. The minimum atomic E-state index is -1.09. The molecule has 0 atom stereocenters. The number of nitrogens with zero attached hydrogens (tertiary/aromatic N) is 2. The molecule has 7 heteroatoms. The summed E-state index contributed by atoms with van der Waals surface area (Å²) < 4.78 is 1.34. The van der Waals surface area contributed by atoms with Gasteiger partial charge < -0.3 is 5.11 Å². The van der Waals surface area contributed by atoms with E-state index in [9.17, 15) is 9.59 Å². The topological polar surface area (TPSA) is 83.7 Å². The summed E-state index contributed by atoms with van der Waals surface area (Å²) in [6.07, 6.45) is 1.49. The lowest BCUT2D eigenvalue weighted by Gasteiger charge is -2.20. The summed E-state index contributed by atoms with van der Waals surface area (Å²) in [5.74, 6) is -0.971. The molecule has 20 heavy (non-hydrogen) atoms. The van der Waals surface area contributed by atoms with Gasteiger partial charge in [-0.05, 0) is 26.0 Å². The standard InChI is InChI=1S/C13H14ClN3O3/c1-13(2,12(19)20)15-6-9-5-11(18)17-7-8(14)3-4-10(17)16-9/h3-5,7,15H,6H2,1-2H3,(H,19,20). The Morgan fingerprint density at radius 2 is 2.20 bits per heavy atom. The number of rotatable bonds is 4. The second kappa shape index (κ2) is 5.22. The number of hydrogen-bond acceptors (Lipinski definition) is 4. The van der Waals surface area contributed by atoms with Crippen LogP contribution in [0.2, 0.25) is 5.02 Å². The van der Waals surface area contributed by atoms with Crippen LogP contribution in [0.5, 0.6) is 0 Å². The fourth-order valence-corrected chi connectivity index (χ4v) is 1.76. The van der Waals surface area contributed by atoms with Gasteiger partial charge in [-0.2, -0.15) is 0 Å². The maximum atomic E-state index is 11.9. The zero-order chi connectivity index (χ0) is 14.9. The van der Waals surface area contributed by atoms with Crippen molar-refractivity contribution in [3.05, 3.63) is 45.5 Å². The third kappa shape index (κ3) is 2.97. The number of carbonyl (C=O) groups is 1. The van der Waals surface area contributed by atoms with Crippen molar-refractivity contribution in [1.29, 1.82) is 0 Å². The van der Waals surface area contributed by atoms with Crippen molar-refractivity contribution in [3.8, 4) is 0 Å². The molecule has 0 bridgehead atoms. The summed E-state index contributed by atoms with van der Waals surface area (Å²) in [6, 6.07) is 4.63. The Hall–Kier alpha value is -1.92. The first kappa shape index (κ1) is 14.5. The van der Waals surface area contributed by atoms with Crippen LogP contribution >= 0.6 is 11.6 Å². The maximum Gasteiger partial charge on any atom is 0.323 e. The van der Waals surface area contributed by atoms with Gasteiger partial charge in [-0.1, -0.05) is 11.6 Å². The number of carboxylic acid groups (broad SMARTS) is 1. The Bertz CT molecular complexity index is 724. The van der Waals surface area contributed by atoms with Gasteiger partial charge in [0.2, 0.25) is 0 Å². The zero-order valence-electron chi connectivity index (χ0n) is 11.1. The fraction of sp³-hybridized carbons (Fsp3) is 0.308. The van der Waals surface area contributed by atoms with Gasteiger partial charge in [0.15, 0.2) is 0 Å². The summed E-state index contributed by atoms with van der Waals surface area (Å²) in [5, 5.41) is 12.3. The van der Waals surface area contributed by atoms with E-state index >= 15 is 0 Å². The van der Waals surface area contributed by atoms with Crippen LogP contribution in [0.4, 0.5) is 0 Å². The largest absolute Gasteiger partial charge is 0.480 e. The van der Waals surface area contributed by atoms with Gasteiger partial charge in [-0.15, -0.1) is 0 Å². The highest BCUT2D eigenvalue weighted by atomic mass is 35.5. The second-order valence-electron chi connectivity index (χ2n) is 4.94. The molecule has 0 unspecified atom stereocenters. The first-order valence-corrected chi connectivity index (χ1v) is 6.34. The molecule has 0 aromatic carbocycles. The van der Waals surface area contributed by atoms with E-state index < -0.39 is 11.5 Å². The Morgan fingerprint density at radius 3 is 2.85 bits per heavy atom. The summed E-state index contributed by atoms with van der Waals surface area (Å²) in [5.41, 5.74) is -0.409. The zero-order valence-corrected chi connectivity index (χ0v) is 11.8. The summed E-state index contributed by atoms with van der Waals surface area (Å²) in [7, 11) is 0. The lowest BCUT2D eigenvalue weighted by atomic mass is 10.1. The molecule has 0 spiro atoms. The van der Waals surface area contributed by atoms with E-state index in [1.165, 1.54) is 16.7 Å². The highest BCUT2D eigenvalue weighted by Gasteiger charge is 2.26. The van der Waals surface area contributed by atoms with Crippen molar-refractivity contribution in [2.24, 2.45) is 0 Å². The molecule has 6 nitrogen and oxygen atoms in total. The molecule has 2 rings (SSSR count). The normalized spacial score (nSPS) is 11.8. The van der Waals surface area contributed by atoms with Gasteiger partial charge in [0.05, 0.1) is 10.7 Å². The molecule has 0 radical (unpaired) electrons. The summed E-state index contributed by atoms with van der Waals surface area (Å²) in [6.45, 7) is 3.28. The number of pyridine rings is 1. The van der Waals surface area contributed by atoms with E-state index in [1.54, 1.807) is 26.0 Å². The van der Waals surface area contributed by atoms with E-state index in [0.717, 1.165) is 0 Å². The minimum absolute atomic E-state index is 0.188. The smallest absolute Gasteiger partial charge is 0.323 e. The van der Waals surface area contributed by atoms with Crippen molar-refractivity contribution >= 4 is 23.2 Å². The fourth-order valence-electron chi connectivity index (χ4n) is 1.60. The maximum absolute atomic E-state index is 11.9. The highest BCUT2D eigenvalue weighted by Crippen LogP contribution is 2.09. The molecule has 0 aliphatic rings. The predicted molar refractivity (Wildman–Crippen MR) is 75.0 cm³/mol. The molecule has 0 aliphatic heterocycles. The third-order valence-electron chi connectivity index (χ3n) is 2.92. The Labute approximate surface area is 120 Å². The number of hydrogen-bond donors (Lipinski definition) is 2. The van der Waals surface area contributed by atoms with Crippen molar-refractivity contribution in [1.82, 2.24) is 14.7 Å². The number of halogens is 1. The van der Waals surface area contributed by atoms with E-state index in [4.69, 9.17) is 16.7 Å². The summed E-state index contributed by atoms with van der Waals surface area (Å²) in [4.78, 5) is 27.2. The molecule has 0 saturated carbocycles. The molecule has 0 aliphatic carbocycles. The Morgan fingerprint density at radius 1 is 1.50 bits per heavy atom.